The van der Waals surface area contributed by atoms with Gasteiger partial charge >= 0.3 is 0 Å². The number of aromatic nitrogens is 2. The number of rotatable bonds is 3. The van der Waals surface area contributed by atoms with Crippen molar-refractivity contribution < 1.29 is 0 Å². The molecule has 1 fully saturated rings. The molecule has 1 saturated carbocycles. The van der Waals surface area contributed by atoms with E-state index in [0.29, 0.717) is 0 Å². The van der Waals surface area contributed by atoms with Crippen LogP contribution in [0, 0.1) is 6.92 Å². The lowest BCUT2D eigenvalue weighted by Gasteiger charge is -2.05. The van der Waals surface area contributed by atoms with Gasteiger partial charge in [0.25, 0.3) is 0 Å². The molecule has 0 radical (unpaired) electrons. The van der Waals surface area contributed by atoms with Crippen LogP contribution in [0.2, 0.25) is 0 Å². The molecule has 66 valence electrons. The molecular formula is C8H13N3S. The van der Waals surface area contributed by atoms with Crippen molar-refractivity contribution in [1.82, 2.24) is 8.75 Å². The van der Waals surface area contributed by atoms with Crippen molar-refractivity contribution in [3.63, 3.8) is 0 Å². The summed E-state index contributed by atoms with van der Waals surface area (Å²) in [5.41, 5.74) is 8.33. The Hall–Kier alpha value is -0.480. The van der Waals surface area contributed by atoms with Gasteiger partial charge in [0.15, 0.2) is 0 Å². The highest BCUT2D eigenvalue weighted by Gasteiger charge is 2.37. The smallest absolute Gasteiger partial charge is 0.0772 e. The molecule has 0 atom stereocenters. The fourth-order valence-electron chi connectivity index (χ4n) is 1.25. The zero-order chi connectivity index (χ0) is 8.60. The molecule has 12 heavy (non-hydrogen) atoms. The Bertz CT molecular complexity index is 278. The van der Waals surface area contributed by atoms with Crippen molar-refractivity contribution in [2.45, 2.75) is 38.1 Å². The first-order valence-corrected chi connectivity index (χ1v) is 5.00. The quantitative estimate of drug-likeness (QED) is 0.767. The minimum atomic E-state index is 0.149. The Morgan fingerprint density at radius 3 is 2.75 bits per heavy atom. The third-order valence-corrected chi connectivity index (χ3v) is 3.16. The fraction of sp³-hybridized carbons (Fsp3) is 0.750. The average molecular weight is 183 g/mol. The van der Waals surface area contributed by atoms with Crippen LogP contribution < -0.4 is 5.73 Å². The number of nitrogens with zero attached hydrogens (tertiary/aromatic N) is 2. The third-order valence-electron chi connectivity index (χ3n) is 2.50. The van der Waals surface area contributed by atoms with E-state index in [1.165, 1.54) is 24.6 Å². The Labute approximate surface area is 76.3 Å². The predicted octanol–water partition coefficient (Wildman–Crippen LogP) is 1.27. The molecule has 1 aromatic heterocycles. The number of nitrogens with two attached hydrogens (primary N) is 1. The molecule has 0 aromatic carbocycles. The molecule has 2 rings (SSSR count). The summed E-state index contributed by atoms with van der Waals surface area (Å²) in [7, 11) is 0. The van der Waals surface area contributed by atoms with Gasteiger partial charge in [0.1, 0.15) is 0 Å². The van der Waals surface area contributed by atoms with Crippen LogP contribution in [0.25, 0.3) is 0 Å². The number of hydrogen-bond acceptors (Lipinski definition) is 4. The largest absolute Gasteiger partial charge is 0.325 e. The van der Waals surface area contributed by atoms with E-state index < -0.39 is 0 Å². The first-order valence-electron chi connectivity index (χ1n) is 4.27. The van der Waals surface area contributed by atoms with Crippen molar-refractivity contribution in [2.24, 2.45) is 5.73 Å². The second-order valence-electron chi connectivity index (χ2n) is 3.66. The van der Waals surface area contributed by atoms with E-state index >= 15 is 0 Å². The van der Waals surface area contributed by atoms with E-state index in [1.54, 1.807) is 0 Å². The predicted molar refractivity (Wildman–Crippen MR) is 49.1 cm³/mol. The molecule has 0 unspecified atom stereocenters. The molecule has 0 spiro atoms. The van der Waals surface area contributed by atoms with Gasteiger partial charge in [0.05, 0.1) is 23.1 Å². The summed E-state index contributed by atoms with van der Waals surface area (Å²) < 4.78 is 8.35. The lowest BCUT2D eigenvalue weighted by atomic mass is 10.1. The van der Waals surface area contributed by atoms with Crippen molar-refractivity contribution in [3.8, 4) is 0 Å². The maximum absolute atomic E-state index is 5.97. The first-order chi connectivity index (χ1) is 5.70. The maximum Gasteiger partial charge on any atom is 0.0772 e. The van der Waals surface area contributed by atoms with Crippen LogP contribution in [0.3, 0.4) is 0 Å². The number of hydrogen-bond donors (Lipinski definition) is 1. The topological polar surface area (TPSA) is 51.8 Å². The molecule has 0 aliphatic heterocycles. The molecule has 0 amide bonds. The van der Waals surface area contributed by atoms with Crippen LogP contribution in [0.4, 0.5) is 0 Å². The summed E-state index contributed by atoms with van der Waals surface area (Å²) >= 11 is 1.30. The molecule has 0 bridgehead atoms. The van der Waals surface area contributed by atoms with Gasteiger partial charge in [-0.2, -0.15) is 8.75 Å². The van der Waals surface area contributed by atoms with E-state index in [0.717, 1.165) is 24.2 Å². The summed E-state index contributed by atoms with van der Waals surface area (Å²) in [5.74, 6) is 0. The maximum atomic E-state index is 5.97. The van der Waals surface area contributed by atoms with Crippen molar-refractivity contribution in [2.75, 3.05) is 0 Å². The molecular weight excluding hydrogens is 170 g/mol. The van der Waals surface area contributed by atoms with Gasteiger partial charge in [-0.1, -0.05) is 0 Å². The average Bonchev–Trinajstić information content (AvgIpc) is 2.61. The molecule has 0 saturated heterocycles. The second kappa shape index (κ2) is 2.78. The van der Waals surface area contributed by atoms with Crippen LogP contribution >= 0.6 is 11.7 Å². The van der Waals surface area contributed by atoms with Gasteiger partial charge in [-0.05, 0) is 32.6 Å². The summed E-state index contributed by atoms with van der Waals surface area (Å²) in [5, 5.41) is 0. The lowest BCUT2D eigenvalue weighted by Crippen LogP contribution is -2.22. The minimum absolute atomic E-state index is 0.149. The fourth-order valence-corrected chi connectivity index (χ4v) is 1.84. The normalized spacial score (nSPS) is 19.5. The highest BCUT2D eigenvalue weighted by Crippen LogP contribution is 2.36. The standard InChI is InChI=1S/C8H13N3S/c1-6-7(11-12-10-6)2-3-8(9)4-5-8/h2-5,9H2,1H3. The van der Waals surface area contributed by atoms with Crippen molar-refractivity contribution in [1.29, 1.82) is 0 Å². The Kier molecular flexibility index (Phi) is 1.88. The molecule has 2 N–H and O–H groups in total. The van der Waals surface area contributed by atoms with E-state index in [9.17, 15) is 0 Å². The Balaban J connectivity index is 1.91. The zero-order valence-electron chi connectivity index (χ0n) is 7.21. The Morgan fingerprint density at radius 1 is 1.50 bits per heavy atom. The second-order valence-corrected chi connectivity index (χ2v) is 4.19. The van der Waals surface area contributed by atoms with Crippen LogP contribution in [0.1, 0.15) is 30.7 Å². The Morgan fingerprint density at radius 2 is 2.25 bits per heavy atom. The number of aryl methyl sites for hydroxylation is 2. The van der Waals surface area contributed by atoms with Crippen LogP contribution in [0.5, 0.6) is 0 Å². The summed E-state index contributed by atoms with van der Waals surface area (Å²) in [6.07, 6.45) is 4.44. The molecule has 1 aliphatic carbocycles. The molecule has 4 heteroatoms. The van der Waals surface area contributed by atoms with E-state index in [1.807, 2.05) is 6.92 Å². The van der Waals surface area contributed by atoms with Gasteiger partial charge in [0, 0.05) is 5.54 Å². The van der Waals surface area contributed by atoms with Gasteiger partial charge < -0.3 is 5.73 Å². The first kappa shape index (κ1) is 8.13. The molecule has 1 aliphatic rings. The zero-order valence-corrected chi connectivity index (χ0v) is 8.02. The van der Waals surface area contributed by atoms with E-state index in [-0.39, 0.29) is 5.54 Å². The summed E-state index contributed by atoms with van der Waals surface area (Å²) in [6, 6.07) is 0. The van der Waals surface area contributed by atoms with Crippen molar-refractivity contribution in [3.05, 3.63) is 11.4 Å². The molecule has 3 nitrogen and oxygen atoms in total. The lowest BCUT2D eigenvalue weighted by molar-refractivity contribution is 0.604. The summed E-state index contributed by atoms with van der Waals surface area (Å²) in [4.78, 5) is 0. The van der Waals surface area contributed by atoms with Crippen LogP contribution in [-0.2, 0) is 6.42 Å². The highest BCUT2D eigenvalue weighted by atomic mass is 32.1. The minimum Gasteiger partial charge on any atom is -0.325 e. The van der Waals surface area contributed by atoms with E-state index in [2.05, 4.69) is 8.75 Å². The third kappa shape index (κ3) is 1.64. The van der Waals surface area contributed by atoms with Gasteiger partial charge in [-0.25, -0.2) is 0 Å². The van der Waals surface area contributed by atoms with E-state index in [4.69, 9.17) is 5.73 Å². The van der Waals surface area contributed by atoms with Crippen molar-refractivity contribution >= 4 is 11.7 Å². The van der Waals surface area contributed by atoms with Crippen LogP contribution in [-0.4, -0.2) is 14.3 Å². The van der Waals surface area contributed by atoms with Gasteiger partial charge in [-0.15, -0.1) is 0 Å². The monoisotopic (exact) mass is 183 g/mol. The van der Waals surface area contributed by atoms with Gasteiger partial charge in [-0.3, -0.25) is 0 Å². The highest BCUT2D eigenvalue weighted by molar-refractivity contribution is 6.99. The molecule has 1 aromatic rings. The SMILES string of the molecule is Cc1nsnc1CCC1(N)CC1. The molecule has 1 heterocycles. The van der Waals surface area contributed by atoms with Gasteiger partial charge in [0.2, 0.25) is 0 Å². The van der Waals surface area contributed by atoms with Crippen LogP contribution in [0.15, 0.2) is 0 Å². The summed E-state index contributed by atoms with van der Waals surface area (Å²) in [6.45, 7) is 2.01.